The van der Waals surface area contributed by atoms with Crippen molar-refractivity contribution in [2.45, 2.75) is 25.3 Å². The average Bonchev–Trinajstić information content (AvgIpc) is 2.60. The second-order valence-electron chi connectivity index (χ2n) is 5.68. The maximum Gasteiger partial charge on any atom is 0.220 e. The topological polar surface area (TPSA) is 47.6 Å². The van der Waals surface area contributed by atoms with Crippen molar-refractivity contribution in [3.63, 3.8) is 0 Å². The number of carbonyl (C=O) groups excluding carboxylic acids is 1. The summed E-state index contributed by atoms with van der Waals surface area (Å²) in [7, 11) is 0. The standard InChI is InChI=1S/C19H20ClNO3/c20-15-7-2-4-9-18(15)23-12-5-10-19(22)21-16-11-13-24-17-8-3-1-6-14(16)17/h1-4,6-9,16H,5,10-13H2,(H,21,22). The number of hydrogen-bond acceptors (Lipinski definition) is 3. The van der Waals surface area contributed by atoms with Gasteiger partial charge in [-0.05, 0) is 24.6 Å². The van der Waals surface area contributed by atoms with Crippen molar-refractivity contribution >= 4 is 17.5 Å². The molecule has 24 heavy (non-hydrogen) atoms. The van der Waals surface area contributed by atoms with Gasteiger partial charge in [-0.25, -0.2) is 0 Å². The molecule has 1 aliphatic heterocycles. The molecule has 0 spiro atoms. The van der Waals surface area contributed by atoms with E-state index < -0.39 is 0 Å². The first-order chi connectivity index (χ1) is 11.7. The summed E-state index contributed by atoms with van der Waals surface area (Å²) in [6.07, 6.45) is 1.85. The van der Waals surface area contributed by atoms with Crippen LogP contribution in [0.4, 0.5) is 0 Å². The molecular weight excluding hydrogens is 326 g/mol. The molecule has 0 radical (unpaired) electrons. The van der Waals surface area contributed by atoms with Gasteiger partial charge in [0.1, 0.15) is 11.5 Å². The van der Waals surface area contributed by atoms with Crippen LogP contribution in [0.25, 0.3) is 0 Å². The highest BCUT2D eigenvalue weighted by Crippen LogP contribution is 2.31. The van der Waals surface area contributed by atoms with E-state index in [2.05, 4.69) is 5.32 Å². The number of ether oxygens (including phenoxy) is 2. The van der Waals surface area contributed by atoms with E-state index in [0.29, 0.717) is 36.8 Å². The molecule has 5 heteroatoms. The summed E-state index contributed by atoms with van der Waals surface area (Å²) in [5, 5.41) is 3.67. The van der Waals surface area contributed by atoms with Crippen LogP contribution in [0.5, 0.6) is 11.5 Å². The van der Waals surface area contributed by atoms with Crippen molar-refractivity contribution in [1.82, 2.24) is 5.32 Å². The minimum atomic E-state index is 0.0203. The van der Waals surface area contributed by atoms with Gasteiger partial charge in [0.05, 0.1) is 24.3 Å². The first-order valence-electron chi connectivity index (χ1n) is 8.12. The minimum Gasteiger partial charge on any atom is -0.493 e. The van der Waals surface area contributed by atoms with Crippen molar-refractivity contribution in [2.75, 3.05) is 13.2 Å². The van der Waals surface area contributed by atoms with E-state index >= 15 is 0 Å². The minimum absolute atomic E-state index is 0.0203. The van der Waals surface area contributed by atoms with Crippen LogP contribution in [0.1, 0.15) is 30.9 Å². The maximum absolute atomic E-state index is 12.2. The zero-order valence-electron chi connectivity index (χ0n) is 13.3. The first kappa shape index (κ1) is 16.7. The molecule has 0 aliphatic carbocycles. The Bertz CT molecular complexity index is 705. The maximum atomic E-state index is 12.2. The van der Waals surface area contributed by atoms with Crippen LogP contribution in [0.2, 0.25) is 5.02 Å². The predicted octanol–water partition coefficient (Wildman–Crippen LogP) is 4.14. The molecule has 0 bridgehead atoms. The van der Waals surface area contributed by atoms with Gasteiger partial charge in [-0.2, -0.15) is 0 Å². The van der Waals surface area contributed by atoms with E-state index in [4.69, 9.17) is 21.1 Å². The van der Waals surface area contributed by atoms with Crippen LogP contribution < -0.4 is 14.8 Å². The highest BCUT2D eigenvalue weighted by Gasteiger charge is 2.22. The van der Waals surface area contributed by atoms with Gasteiger partial charge in [-0.1, -0.05) is 41.9 Å². The lowest BCUT2D eigenvalue weighted by molar-refractivity contribution is -0.122. The molecule has 2 aromatic carbocycles. The van der Waals surface area contributed by atoms with E-state index in [0.717, 1.165) is 17.7 Å². The van der Waals surface area contributed by atoms with Crippen LogP contribution in [0.15, 0.2) is 48.5 Å². The third kappa shape index (κ3) is 4.20. The summed E-state index contributed by atoms with van der Waals surface area (Å²) < 4.78 is 11.2. The van der Waals surface area contributed by atoms with Gasteiger partial charge in [0, 0.05) is 18.4 Å². The molecule has 126 valence electrons. The number of nitrogens with one attached hydrogen (secondary N) is 1. The molecule has 0 aromatic heterocycles. The Morgan fingerprint density at radius 2 is 2.00 bits per heavy atom. The van der Waals surface area contributed by atoms with E-state index in [-0.39, 0.29) is 11.9 Å². The molecule has 0 saturated heterocycles. The highest BCUT2D eigenvalue weighted by atomic mass is 35.5. The molecular formula is C19H20ClNO3. The number of rotatable bonds is 6. The number of benzene rings is 2. The molecule has 1 N–H and O–H groups in total. The number of para-hydroxylation sites is 2. The van der Waals surface area contributed by atoms with Gasteiger partial charge in [-0.3, -0.25) is 4.79 Å². The van der Waals surface area contributed by atoms with Crippen LogP contribution in [-0.4, -0.2) is 19.1 Å². The molecule has 1 unspecified atom stereocenters. The molecule has 0 fully saturated rings. The predicted molar refractivity (Wildman–Crippen MR) is 93.6 cm³/mol. The lowest BCUT2D eigenvalue weighted by Crippen LogP contribution is -2.32. The molecule has 1 atom stereocenters. The Balaban J connectivity index is 1.44. The van der Waals surface area contributed by atoms with Crippen molar-refractivity contribution in [3.05, 3.63) is 59.1 Å². The van der Waals surface area contributed by atoms with E-state index in [1.165, 1.54) is 0 Å². The fraction of sp³-hybridized carbons (Fsp3) is 0.316. The van der Waals surface area contributed by atoms with Crippen molar-refractivity contribution < 1.29 is 14.3 Å². The third-order valence-electron chi connectivity index (χ3n) is 3.94. The monoisotopic (exact) mass is 345 g/mol. The highest BCUT2D eigenvalue weighted by molar-refractivity contribution is 6.32. The lowest BCUT2D eigenvalue weighted by atomic mass is 10.0. The SMILES string of the molecule is O=C(CCCOc1ccccc1Cl)NC1CCOc2ccccc21. The number of amides is 1. The zero-order chi connectivity index (χ0) is 16.8. The van der Waals surface area contributed by atoms with Gasteiger partial charge in [-0.15, -0.1) is 0 Å². The van der Waals surface area contributed by atoms with E-state index in [1.807, 2.05) is 42.5 Å². The Labute approximate surface area is 146 Å². The molecule has 0 saturated carbocycles. The fourth-order valence-corrected chi connectivity index (χ4v) is 2.93. The van der Waals surface area contributed by atoms with E-state index in [1.54, 1.807) is 6.07 Å². The van der Waals surface area contributed by atoms with Crippen LogP contribution >= 0.6 is 11.6 Å². The largest absolute Gasteiger partial charge is 0.493 e. The molecule has 3 rings (SSSR count). The second kappa shape index (κ2) is 8.06. The molecule has 1 amide bonds. The smallest absolute Gasteiger partial charge is 0.220 e. The number of hydrogen-bond donors (Lipinski definition) is 1. The Morgan fingerprint density at radius 1 is 1.21 bits per heavy atom. The third-order valence-corrected chi connectivity index (χ3v) is 4.25. The number of fused-ring (bicyclic) bond motifs is 1. The summed E-state index contributed by atoms with van der Waals surface area (Å²) in [6.45, 7) is 1.08. The molecule has 1 aliphatic rings. The summed E-state index contributed by atoms with van der Waals surface area (Å²) in [6, 6.07) is 15.2. The molecule has 2 aromatic rings. The quantitative estimate of drug-likeness (QED) is 0.800. The van der Waals surface area contributed by atoms with Gasteiger partial charge in [0.25, 0.3) is 0 Å². The summed E-state index contributed by atoms with van der Waals surface area (Å²) >= 11 is 6.03. The molecule has 1 heterocycles. The Hall–Kier alpha value is -2.20. The Morgan fingerprint density at radius 3 is 2.88 bits per heavy atom. The second-order valence-corrected chi connectivity index (χ2v) is 6.08. The van der Waals surface area contributed by atoms with Crippen molar-refractivity contribution in [2.24, 2.45) is 0 Å². The number of halogens is 1. The van der Waals surface area contributed by atoms with Crippen molar-refractivity contribution in [3.8, 4) is 11.5 Å². The van der Waals surface area contributed by atoms with Crippen LogP contribution in [0.3, 0.4) is 0 Å². The Kier molecular flexibility index (Phi) is 5.59. The van der Waals surface area contributed by atoms with Crippen LogP contribution in [-0.2, 0) is 4.79 Å². The lowest BCUT2D eigenvalue weighted by Gasteiger charge is -2.26. The van der Waals surface area contributed by atoms with E-state index in [9.17, 15) is 4.79 Å². The van der Waals surface area contributed by atoms with Gasteiger partial charge >= 0.3 is 0 Å². The average molecular weight is 346 g/mol. The zero-order valence-corrected chi connectivity index (χ0v) is 14.1. The fourth-order valence-electron chi connectivity index (χ4n) is 2.74. The summed E-state index contributed by atoms with van der Waals surface area (Å²) in [4.78, 5) is 12.2. The van der Waals surface area contributed by atoms with Crippen LogP contribution in [0, 0.1) is 0 Å². The number of carbonyl (C=O) groups is 1. The summed E-state index contributed by atoms with van der Waals surface area (Å²) in [5.74, 6) is 1.54. The van der Waals surface area contributed by atoms with Crippen molar-refractivity contribution in [1.29, 1.82) is 0 Å². The van der Waals surface area contributed by atoms with Gasteiger partial charge < -0.3 is 14.8 Å². The van der Waals surface area contributed by atoms with Gasteiger partial charge in [0.15, 0.2) is 0 Å². The van der Waals surface area contributed by atoms with Gasteiger partial charge in [0.2, 0.25) is 5.91 Å². The molecule has 4 nitrogen and oxygen atoms in total. The first-order valence-corrected chi connectivity index (χ1v) is 8.50. The summed E-state index contributed by atoms with van der Waals surface area (Å²) in [5.41, 5.74) is 1.05. The normalized spacial score (nSPS) is 16.0.